The van der Waals surface area contributed by atoms with Crippen molar-refractivity contribution in [2.75, 3.05) is 39.5 Å². The van der Waals surface area contributed by atoms with Crippen molar-refractivity contribution in [3.05, 3.63) is 54.1 Å². The first-order valence-electron chi connectivity index (χ1n) is 9.87. The molecule has 1 fully saturated rings. The summed E-state index contributed by atoms with van der Waals surface area (Å²) in [5.41, 5.74) is 1.15. The van der Waals surface area contributed by atoms with Gasteiger partial charge >= 0.3 is 0 Å². The van der Waals surface area contributed by atoms with E-state index >= 15 is 0 Å². The van der Waals surface area contributed by atoms with Crippen molar-refractivity contribution in [2.45, 2.75) is 21.6 Å². The summed E-state index contributed by atoms with van der Waals surface area (Å²) in [6.07, 6.45) is 0. The van der Waals surface area contributed by atoms with Crippen LogP contribution in [0.1, 0.15) is 5.56 Å². The largest absolute Gasteiger partial charge is 0.394 e. The third-order valence-electron chi connectivity index (χ3n) is 5.03. The van der Waals surface area contributed by atoms with E-state index in [0.29, 0.717) is 11.3 Å². The molecule has 2 heterocycles. The number of amidine groups is 1. The third kappa shape index (κ3) is 4.61. The Morgan fingerprint density at radius 1 is 0.903 bits per heavy atom. The van der Waals surface area contributed by atoms with E-state index in [-0.39, 0.29) is 45.3 Å². The molecule has 0 atom stereocenters. The molecule has 9 nitrogen and oxygen atoms in total. The number of aliphatic imine (C=N–C) groups is 1. The predicted octanol–water partition coefficient (Wildman–Crippen LogP) is 0.133. The molecule has 2 aliphatic rings. The minimum Gasteiger partial charge on any atom is -0.394 e. The van der Waals surface area contributed by atoms with Gasteiger partial charge in [-0.3, -0.25) is 4.90 Å². The van der Waals surface area contributed by atoms with Crippen LogP contribution in [0.3, 0.4) is 0 Å². The minimum absolute atomic E-state index is 0.0548. The van der Waals surface area contributed by atoms with Gasteiger partial charge in [0.2, 0.25) is 0 Å². The smallest absolute Gasteiger partial charge is 0.265 e. The van der Waals surface area contributed by atoms with E-state index in [4.69, 9.17) is 9.84 Å². The van der Waals surface area contributed by atoms with Crippen LogP contribution in [0.5, 0.6) is 0 Å². The van der Waals surface area contributed by atoms with Gasteiger partial charge in [-0.2, -0.15) is 0 Å². The maximum Gasteiger partial charge on any atom is 0.265 e. The Labute approximate surface area is 183 Å². The van der Waals surface area contributed by atoms with E-state index in [1.165, 1.54) is 16.7 Å². The summed E-state index contributed by atoms with van der Waals surface area (Å²) in [6, 6.07) is 14.7. The quantitative estimate of drug-likeness (QED) is 0.321. The Morgan fingerprint density at radius 3 is 2.26 bits per heavy atom. The summed E-state index contributed by atoms with van der Waals surface area (Å²) in [5, 5.41) is 52.4. The molecule has 31 heavy (non-hydrogen) atoms. The lowest BCUT2D eigenvalue weighted by atomic mass is 10.1. The minimum atomic E-state index is -2.62. The number of nitrogens with zero attached hydrogens (tertiary/aromatic N) is 3. The van der Waals surface area contributed by atoms with Crippen LogP contribution >= 0.6 is 11.8 Å². The molecule has 0 bridgehead atoms. The van der Waals surface area contributed by atoms with Gasteiger partial charge in [-0.05, 0) is 18.2 Å². The molecule has 0 radical (unpaired) electrons. The fraction of sp³-hybridized carbons (Fsp3) is 0.381. The second-order valence-electron chi connectivity index (χ2n) is 7.43. The van der Waals surface area contributed by atoms with E-state index in [2.05, 4.69) is 4.99 Å². The Morgan fingerprint density at radius 2 is 1.55 bits per heavy atom. The first-order chi connectivity index (χ1) is 14.8. The fourth-order valence-electron chi connectivity index (χ4n) is 3.78. The van der Waals surface area contributed by atoms with Crippen LogP contribution < -0.4 is 0 Å². The van der Waals surface area contributed by atoms with Gasteiger partial charge in [-0.25, -0.2) is 9.89 Å². The summed E-state index contributed by atoms with van der Waals surface area (Å²) >= 11 is 1.47. The molecule has 166 valence electrons. The molecule has 1 saturated heterocycles. The number of ether oxygens (including phenoxy) is 1. The molecule has 0 amide bonds. The lowest BCUT2D eigenvalue weighted by Crippen LogP contribution is -2.74. The number of hydrogen-bond acceptors (Lipinski definition) is 10. The summed E-state index contributed by atoms with van der Waals surface area (Å²) in [6.45, 7) is -0.123. The highest BCUT2D eigenvalue weighted by molar-refractivity contribution is 7.99. The molecular weight excluding hydrogens is 422 g/mol. The van der Waals surface area contributed by atoms with Gasteiger partial charge < -0.3 is 30.3 Å². The number of rotatable bonds is 5. The van der Waals surface area contributed by atoms with E-state index in [1.807, 2.05) is 30.3 Å². The van der Waals surface area contributed by atoms with Gasteiger partial charge in [0.25, 0.3) is 11.8 Å². The standard InChI is InChI=1S/C21H25N3O6S/c25-10-12-30-11-9-23-13-20(26,27)24(21(28,29)14-23)19-15-5-1-3-7-17(15)31-18-8-4-2-6-16(18)22-19/h1-8,25-29H,9-14H2. The van der Waals surface area contributed by atoms with Gasteiger partial charge in [-0.15, -0.1) is 0 Å². The summed E-state index contributed by atoms with van der Waals surface area (Å²) in [7, 11) is 0. The molecule has 4 rings (SSSR count). The molecule has 0 aliphatic carbocycles. The molecule has 2 aliphatic heterocycles. The first-order valence-corrected chi connectivity index (χ1v) is 10.7. The highest BCUT2D eigenvalue weighted by atomic mass is 32.2. The van der Waals surface area contributed by atoms with Crippen LogP contribution in [-0.4, -0.2) is 92.4 Å². The molecular formula is C21H25N3O6S. The number of hydrogen-bond donors (Lipinski definition) is 5. The normalized spacial score (nSPS) is 19.9. The first kappa shape index (κ1) is 22.2. The summed E-state index contributed by atoms with van der Waals surface area (Å²) in [4.78, 5) is 8.52. The average molecular weight is 448 g/mol. The topological polar surface area (TPSA) is 129 Å². The average Bonchev–Trinajstić information content (AvgIpc) is 2.86. The van der Waals surface area contributed by atoms with Crippen molar-refractivity contribution in [1.82, 2.24) is 9.80 Å². The van der Waals surface area contributed by atoms with E-state index in [1.54, 1.807) is 18.2 Å². The second kappa shape index (κ2) is 8.85. The molecule has 2 aromatic carbocycles. The van der Waals surface area contributed by atoms with Crippen molar-refractivity contribution in [1.29, 1.82) is 0 Å². The molecule has 0 spiro atoms. The van der Waals surface area contributed by atoms with Gasteiger partial charge in [0, 0.05) is 21.9 Å². The van der Waals surface area contributed by atoms with Crippen molar-refractivity contribution < 1.29 is 30.3 Å². The number of para-hydroxylation sites is 1. The highest BCUT2D eigenvalue weighted by Crippen LogP contribution is 2.42. The van der Waals surface area contributed by atoms with Gasteiger partial charge in [0.1, 0.15) is 5.84 Å². The SMILES string of the molecule is OCCOCCN1CC(O)(O)N(C2=Nc3ccccc3Sc3ccccc32)C(O)(O)C1. The lowest BCUT2D eigenvalue weighted by Gasteiger charge is -2.51. The second-order valence-corrected chi connectivity index (χ2v) is 8.52. The molecule has 5 N–H and O–H groups in total. The molecule has 0 unspecified atom stereocenters. The number of aliphatic hydroxyl groups excluding tert-OH is 1. The lowest BCUT2D eigenvalue weighted by molar-refractivity contribution is -0.387. The fourth-order valence-corrected chi connectivity index (χ4v) is 4.80. The molecule has 2 aromatic rings. The monoisotopic (exact) mass is 447 g/mol. The van der Waals surface area contributed by atoms with Gasteiger partial charge in [0.15, 0.2) is 0 Å². The third-order valence-corrected chi connectivity index (χ3v) is 6.17. The summed E-state index contributed by atoms with van der Waals surface area (Å²) < 4.78 is 5.21. The zero-order chi connectivity index (χ0) is 22.1. The Bertz CT molecular complexity index is 950. The van der Waals surface area contributed by atoms with E-state index in [9.17, 15) is 20.4 Å². The molecule has 10 heteroatoms. The van der Waals surface area contributed by atoms with Crippen LogP contribution in [0.25, 0.3) is 0 Å². The number of fused-ring (bicyclic) bond motifs is 2. The van der Waals surface area contributed by atoms with Crippen molar-refractivity contribution >= 4 is 23.3 Å². The Balaban J connectivity index is 1.71. The zero-order valence-electron chi connectivity index (χ0n) is 16.8. The van der Waals surface area contributed by atoms with Crippen molar-refractivity contribution in [3.63, 3.8) is 0 Å². The van der Waals surface area contributed by atoms with Crippen LogP contribution in [0.4, 0.5) is 5.69 Å². The van der Waals surface area contributed by atoms with Gasteiger partial charge in [-0.1, -0.05) is 42.1 Å². The predicted molar refractivity (Wildman–Crippen MR) is 114 cm³/mol. The molecule has 0 saturated carbocycles. The van der Waals surface area contributed by atoms with E-state index < -0.39 is 11.8 Å². The molecule has 0 aromatic heterocycles. The van der Waals surface area contributed by atoms with Gasteiger partial charge in [0.05, 0.1) is 38.6 Å². The number of piperazine rings is 1. The van der Waals surface area contributed by atoms with Crippen LogP contribution in [-0.2, 0) is 4.74 Å². The summed E-state index contributed by atoms with van der Waals surface area (Å²) in [5.74, 6) is -5.18. The van der Waals surface area contributed by atoms with E-state index in [0.717, 1.165) is 14.7 Å². The number of aliphatic hydroxyl groups is 5. The van der Waals surface area contributed by atoms with Crippen molar-refractivity contribution in [3.8, 4) is 0 Å². The maximum atomic E-state index is 10.9. The number of benzene rings is 2. The Hall–Kier alpha value is -2.02. The number of β-amino-alcohol motifs (C(OH)–C–C–N with tert-alkyl or cyclic N) is 4. The van der Waals surface area contributed by atoms with Crippen LogP contribution in [0, 0.1) is 0 Å². The maximum absolute atomic E-state index is 10.9. The zero-order valence-corrected chi connectivity index (χ0v) is 17.6. The highest BCUT2D eigenvalue weighted by Gasteiger charge is 2.54. The van der Waals surface area contributed by atoms with Crippen molar-refractivity contribution in [2.24, 2.45) is 4.99 Å². The van der Waals surface area contributed by atoms with Crippen LogP contribution in [0.15, 0.2) is 63.3 Å². The Kier molecular flexibility index (Phi) is 6.33. The van der Waals surface area contributed by atoms with Crippen LogP contribution in [0.2, 0.25) is 0 Å².